The molecular formula is C13H24N2O. The normalized spacial score (nSPS) is 28.1. The highest BCUT2D eigenvalue weighted by Gasteiger charge is 2.23. The maximum Gasteiger partial charge on any atom is 0.0672 e. The molecule has 3 heteroatoms. The quantitative estimate of drug-likeness (QED) is 0.704. The van der Waals surface area contributed by atoms with Crippen LogP contribution in [0.1, 0.15) is 51.9 Å². The predicted octanol–water partition coefficient (Wildman–Crippen LogP) is 2.21. The van der Waals surface area contributed by atoms with Crippen molar-refractivity contribution >= 4 is 0 Å². The molecule has 0 heterocycles. The fourth-order valence-corrected chi connectivity index (χ4v) is 2.43. The summed E-state index contributed by atoms with van der Waals surface area (Å²) in [5.41, 5.74) is 0. The van der Waals surface area contributed by atoms with E-state index in [0.717, 1.165) is 25.7 Å². The minimum absolute atomic E-state index is 0.135. The molecule has 0 aromatic heterocycles. The summed E-state index contributed by atoms with van der Waals surface area (Å²) in [4.78, 5) is 0. The number of aliphatic hydroxyl groups excluding tert-OH is 1. The van der Waals surface area contributed by atoms with Gasteiger partial charge in [0.2, 0.25) is 0 Å². The van der Waals surface area contributed by atoms with Crippen molar-refractivity contribution in [1.29, 1.82) is 5.26 Å². The summed E-state index contributed by atoms with van der Waals surface area (Å²) >= 11 is 0. The second kappa shape index (κ2) is 7.65. The van der Waals surface area contributed by atoms with Gasteiger partial charge in [-0.2, -0.15) is 5.26 Å². The third-order valence-corrected chi connectivity index (χ3v) is 3.42. The van der Waals surface area contributed by atoms with Crippen molar-refractivity contribution in [1.82, 2.24) is 5.32 Å². The van der Waals surface area contributed by atoms with E-state index in [2.05, 4.69) is 18.3 Å². The number of rotatable bonds is 5. The molecule has 0 aromatic carbocycles. The number of nitrogens with one attached hydrogen (secondary N) is 1. The summed E-state index contributed by atoms with van der Waals surface area (Å²) in [6.07, 6.45) is 7.32. The molecule has 3 atom stereocenters. The smallest absolute Gasteiger partial charge is 0.0672 e. The first kappa shape index (κ1) is 13.5. The Morgan fingerprint density at radius 1 is 1.38 bits per heavy atom. The fraction of sp³-hybridized carbons (Fsp3) is 0.923. The van der Waals surface area contributed by atoms with Crippen molar-refractivity contribution in [3.8, 4) is 6.07 Å². The van der Waals surface area contributed by atoms with Crippen molar-refractivity contribution in [3.05, 3.63) is 0 Å². The van der Waals surface area contributed by atoms with Crippen molar-refractivity contribution in [2.45, 2.75) is 64.0 Å². The van der Waals surface area contributed by atoms with Crippen LogP contribution in [-0.2, 0) is 0 Å². The Labute approximate surface area is 98.8 Å². The van der Waals surface area contributed by atoms with E-state index in [4.69, 9.17) is 5.26 Å². The van der Waals surface area contributed by atoms with E-state index in [1.807, 2.05) is 0 Å². The van der Waals surface area contributed by atoms with E-state index in [1.165, 1.54) is 19.3 Å². The average molecular weight is 224 g/mol. The third kappa shape index (κ3) is 4.51. The van der Waals surface area contributed by atoms with Crippen LogP contribution >= 0.6 is 0 Å². The zero-order valence-corrected chi connectivity index (χ0v) is 10.3. The zero-order chi connectivity index (χ0) is 11.8. The van der Waals surface area contributed by atoms with Crippen molar-refractivity contribution in [2.75, 3.05) is 6.54 Å². The van der Waals surface area contributed by atoms with Crippen LogP contribution in [0.15, 0.2) is 0 Å². The fourth-order valence-electron chi connectivity index (χ4n) is 2.43. The topological polar surface area (TPSA) is 56.0 Å². The number of nitriles is 1. The van der Waals surface area contributed by atoms with Crippen LogP contribution in [0.25, 0.3) is 0 Å². The van der Waals surface area contributed by atoms with E-state index in [-0.39, 0.29) is 12.0 Å². The van der Waals surface area contributed by atoms with E-state index >= 15 is 0 Å². The van der Waals surface area contributed by atoms with Gasteiger partial charge < -0.3 is 10.4 Å². The first-order chi connectivity index (χ1) is 7.77. The Morgan fingerprint density at radius 3 is 2.81 bits per heavy atom. The van der Waals surface area contributed by atoms with Gasteiger partial charge in [-0.25, -0.2) is 0 Å². The summed E-state index contributed by atoms with van der Waals surface area (Å²) < 4.78 is 0. The summed E-state index contributed by atoms with van der Waals surface area (Å²) in [6.45, 7) is 2.71. The van der Waals surface area contributed by atoms with Crippen LogP contribution in [-0.4, -0.2) is 23.8 Å². The molecule has 2 N–H and O–H groups in total. The highest BCUT2D eigenvalue weighted by molar-refractivity contribution is 4.93. The number of hydrogen-bond donors (Lipinski definition) is 2. The number of nitrogens with zero attached hydrogens (tertiary/aromatic N) is 1. The molecule has 0 aromatic rings. The predicted molar refractivity (Wildman–Crippen MR) is 64.9 cm³/mol. The SMILES string of the molecule is CCCC(O)CNC1CCCCCC1C#N. The average Bonchev–Trinajstić information content (AvgIpc) is 2.51. The molecule has 1 aliphatic rings. The van der Waals surface area contributed by atoms with Crippen molar-refractivity contribution in [2.24, 2.45) is 5.92 Å². The van der Waals surface area contributed by atoms with Crippen LogP contribution in [0.3, 0.4) is 0 Å². The summed E-state index contributed by atoms with van der Waals surface area (Å²) in [7, 11) is 0. The number of hydrogen-bond acceptors (Lipinski definition) is 3. The molecule has 1 rings (SSSR count). The Hall–Kier alpha value is -0.590. The molecule has 1 saturated carbocycles. The van der Waals surface area contributed by atoms with Gasteiger partial charge in [-0.1, -0.05) is 32.6 Å². The number of aliphatic hydroxyl groups is 1. The van der Waals surface area contributed by atoms with Gasteiger partial charge in [0.25, 0.3) is 0 Å². The van der Waals surface area contributed by atoms with E-state index in [9.17, 15) is 5.11 Å². The molecule has 3 unspecified atom stereocenters. The largest absolute Gasteiger partial charge is 0.392 e. The molecule has 16 heavy (non-hydrogen) atoms. The molecule has 0 amide bonds. The lowest BCUT2D eigenvalue weighted by Gasteiger charge is -2.22. The lowest BCUT2D eigenvalue weighted by molar-refractivity contribution is 0.152. The Bertz CT molecular complexity index is 224. The Kier molecular flexibility index (Phi) is 6.44. The van der Waals surface area contributed by atoms with Crippen LogP contribution in [0.5, 0.6) is 0 Å². The van der Waals surface area contributed by atoms with Crippen LogP contribution < -0.4 is 5.32 Å². The van der Waals surface area contributed by atoms with Gasteiger partial charge >= 0.3 is 0 Å². The molecule has 0 radical (unpaired) electrons. The molecule has 0 spiro atoms. The first-order valence-corrected chi connectivity index (χ1v) is 6.59. The van der Waals surface area contributed by atoms with Gasteiger partial charge in [0, 0.05) is 12.6 Å². The Balaban J connectivity index is 2.34. The maximum atomic E-state index is 9.66. The highest BCUT2D eigenvalue weighted by Crippen LogP contribution is 2.22. The lowest BCUT2D eigenvalue weighted by Crippen LogP contribution is -2.39. The minimum atomic E-state index is -0.257. The van der Waals surface area contributed by atoms with Crippen molar-refractivity contribution < 1.29 is 5.11 Å². The summed E-state index contributed by atoms with van der Waals surface area (Å²) in [5.74, 6) is 0.135. The van der Waals surface area contributed by atoms with Crippen LogP contribution in [0.2, 0.25) is 0 Å². The highest BCUT2D eigenvalue weighted by atomic mass is 16.3. The third-order valence-electron chi connectivity index (χ3n) is 3.42. The molecule has 3 nitrogen and oxygen atoms in total. The van der Waals surface area contributed by atoms with Gasteiger partial charge in [0.05, 0.1) is 18.1 Å². The monoisotopic (exact) mass is 224 g/mol. The summed E-state index contributed by atoms with van der Waals surface area (Å²) in [6, 6.07) is 2.70. The lowest BCUT2D eigenvalue weighted by atomic mass is 9.96. The standard InChI is InChI=1S/C13H24N2O/c1-2-6-12(16)10-15-13-8-5-3-4-7-11(13)9-14/h11-13,15-16H,2-8,10H2,1H3. The molecule has 1 fully saturated rings. The molecule has 92 valence electrons. The molecule has 0 saturated heterocycles. The van der Waals surface area contributed by atoms with E-state index < -0.39 is 0 Å². The molecule has 0 bridgehead atoms. The second-order valence-electron chi connectivity index (χ2n) is 4.83. The Morgan fingerprint density at radius 2 is 2.12 bits per heavy atom. The molecule has 1 aliphatic carbocycles. The zero-order valence-electron chi connectivity index (χ0n) is 10.3. The molecular weight excluding hydrogens is 200 g/mol. The van der Waals surface area contributed by atoms with Crippen LogP contribution in [0.4, 0.5) is 0 Å². The van der Waals surface area contributed by atoms with Crippen molar-refractivity contribution in [3.63, 3.8) is 0 Å². The van der Waals surface area contributed by atoms with Gasteiger partial charge in [-0.3, -0.25) is 0 Å². The van der Waals surface area contributed by atoms with Gasteiger partial charge in [0.1, 0.15) is 0 Å². The maximum absolute atomic E-state index is 9.66. The summed E-state index contributed by atoms with van der Waals surface area (Å²) in [5, 5.41) is 22.1. The van der Waals surface area contributed by atoms with Gasteiger partial charge in [-0.15, -0.1) is 0 Å². The minimum Gasteiger partial charge on any atom is -0.392 e. The first-order valence-electron chi connectivity index (χ1n) is 6.59. The van der Waals surface area contributed by atoms with E-state index in [0.29, 0.717) is 12.6 Å². The van der Waals surface area contributed by atoms with Gasteiger partial charge in [0.15, 0.2) is 0 Å². The molecule has 0 aliphatic heterocycles. The second-order valence-corrected chi connectivity index (χ2v) is 4.83. The van der Waals surface area contributed by atoms with Gasteiger partial charge in [-0.05, 0) is 19.3 Å². The van der Waals surface area contributed by atoms with E-state index in [1.54, 1.807) is 0 Å². The van der Waals surface area contributed by atoms with Crippen LogP contribution in [0, 0.1) is 17.2 Å².